The molecule has 0 fully saturated rings. The van der Waals surface area contributed by atoms with Gasteiger partial charge in [0.2, 0.25) is 5.91 Å². The highest BCUT2D eigenvalue weighted by molar-refractivity contribution is 5.87. The van der Waals surface area contributed by atoms with Crippen LogP contribution in [-0.4, -0.2) is 29.5 Å². The highest BCUT2D eigenvalue weighted by Gasteiger charge is 2.03. The minimum Gasteiger partial charge on any atom is -0.512 e. The number of aliphatic hydroxyl groups is 1. The van der Waals surface area contributed by atoms with Crippen molar-refractivity contribution >= 4 is 5.91 Å². The fourth-order valence-electron chi connectivity index (χ4n) is 0.794. The van der Waals surface area contributed by atoms with Crippen molar-refractivity contribution in [1.82, 2.24) is 4.90 Å². The Hall–Kier alpha value is -0.990. The first-order chi connectivity index (χ1) is 5.57. The van der Waals surface area contributed by atoms with Crippen LogP contribution >= 0.6 is 0 Å². The SMILES string of the molecule is CCCCN(C)C(=O)C=C(C)O. The molecule has 0 aliphatic carbocycles. The van der Waals surface area contributed by atoms with Crippen molar-refractivity contribution in [2.75, 3.05) is 13.6 Å². The van der Waals surface area contributed by atoms with Gasteiger partial charge in [-0.05, 0) is 13.3 Å². The Kier molecular flexibility index (Phi) is 5.17. The lowest BCUT2D eigenvalue weighted by Gasteiger charge is -2.13. The number of allylic oxidation sites excluding steroid dienone is 1. The van der Waals surface area contributed by atoms with Crippen molar-refractivity contribution < 1.29 is 9.90 Å². The van der Waals surface area contributed by atoms with Crippen LogP contribution in [0.2, 0.25) is 0 Å². The zero-order valence-corrected chi connectivity index (χ0v) is 8.00. The lowest BCUT2D eigenvalue weighted by Crippen LogP contribution is -2.26. The molecule has 0 saturated heterocycles. The molecule has 0 aliphatic heterocycles. The van der Waals surface area contributed by atoms with Crippen LogP contribution in [0, 0.1) is 0 Å². The van der Waals surface area contributed by atoms with Crippen LogP contribution < -0.4 is 0 Å². The van der Waals surface area contributed by atoms with Crippen LogP contribution in [0.5, 0.6) is 0 Å². The fourth-order valence-corrected chi connectivity index (χ4v) is 0.794. The quantitative estimate of drug-likeness (QED) is 0.516. The number of aliphatic hydroxyl groups excluding tert-OH is 1. The summed E-state index contributed by atoms with van der Waals surface area (Å²) in [5.41, 5.74) is 0. The zero-order chi connectivity index (χ0) is 9.56. The molecule has 0 radical (unpaired) electrons. The summed E-state index contributed by atoms with van der Waals surface area (Å²) in [4.78, 5) is 12.7. The number of hydrogen-bond donors (Lipinski definition) is 1. The van der Waals surface area contributed by atoms with Crippen LogP contribution in [0.4, 0.5) is 0 Å². The Balaban J connectivity index is 3.85. The number of rotatable bonds is 4. The minimum absolute atomic E-state index is 0.0587. The number of unbranched alkanes of at least 4 members (excludes halogenated alkanes) is 1. The van der Waals surface area contributed by atoms with E-state index in [1.54, 1.807) is 11.9 Å². The molecule has 0 aromatic heterocycles. The first-order valence-corrected chi connectivity index (χ1v) is 4.20. The van der Waals surface area contributed by atoms with Crippen LogP contribution in [0.1, 0.15) is 26.7 Å². The van der Waals surface area contributed by atoms with E-state index in [2.05, 4.69) is 6.92 Å². The van der Waals surface area contributed by atoms with Gasteiger partial charge in [-0.2, -0.15) is 0 Å². The monoisotopic (exact) mass is 171 g/mol. The van der Waals surface area contributed by atoms with E-state index in [0.29, 0.717) is 0 Å². The largest absolute Gasteiger partial charge is 0.512 e. The minimum atomic E-state index is -0.136. The predicted molar refractivity (Wildman–Crippen MR) is 48.9 cm³/mol. The maximum Gasteiger partial charge on any atom is 0.249 e. The summed E-state index contributed by atoms with van der Waals surface area (Å²) in [6, 6.07) is 0. The molecule has 0 aromatic carbocycles. The summed E-state index contributed by atoms with van der Waals surface area (Å²) in [7, 11) is 1.73. The summed E-state index contributed by atoms with van der Waals surface area (Å²) in [5.74, 6) is -0.0770. The molecule has 0 aromatic rings. The molecule has 70 valence electrons. The molecule has 1 amide bonds. The lowest BCUT2D eigenvalue weighted by atomic mass is 10.3. The second-order valence-electron chi connectivity index (χ2n) is 2.90. The molecule has 3 heteroatoms. The van der Waals surface area contributed by atoms with Gasteiger partial charge in [0.1, 0.15) is 0 Å². The van der Waals surface area contributed by atoms with Crippen LogP contribution in [0.3, 0.4) is 0 Å². The summed E-state index contributed by atoms with van der Waals surface area (Å²) >= 11 is 0. The van der Waals surface area contributed by atoms with E-state index in [9.17, 15) is 4.79 Å². The average molecular weight is 171 g/mol. The molecule has 0 aliphatic rings. The highest BCUT2D eigenvalue weighted by atomic mass is 16.3. The first kappa shape index (κ1) is 11.0. The van der Waals surface area contributed by atoms with Gasteiger partial charge in [0, 0.05) is 19.7 Å². The topological polar surface area (TPSA) is 40.5 Å². The Morgan fingerprint density at radius 3 is 2.58 bits per heavy atom. The van der Waals surface area contributed by atoms with Gasteiger partial charge >= 0.3 is 0 Å². The van der Waals surface area contributed by atoms with Gasteiger partial charge in [0.25, 0.3) is 0 Å². The summed E-state index contributed by atoms with van der Waals surface area (Å²) < 4.78 is 0. The molecule has 0 spiro atoms. The van der Waals surface area contributed by atoms with Crippen molar-refractivity contribution in [2.45, 2.75) is 26.7 Å². The van der Waals surface area contributed by atoms with Crippen molar-refractivity contribution in [3.8, 4) is 0 Å². The molecule has 0 heterocycles. The third-order valence-corrected chi connectivity index (χ3v) is 1.56. The molecule has 0 rings (SSSR count). The number of carbonyl (C=O) groups excluding carboxylic acids is 1. The van der Waals surface area contributed by atoms with E-state index in [0.717, 1.165) is 19.4 Å². The number of nitrogens with zero attached hydrogens (tertiary/aromatic N) is 1. The Morgan fingerprint density at radius 2 is 2.17 bits per heavy atom. The zero-order valence-electron chi connectivity index (χ0n) is 8.00. The second kappa shape index (κ2) is 5.63. The van der Waals surface area contributed by atoms with Crippen molar-refractivity contribution in [2.24, 2.45) is 0 Å². The molecule has 1 N–H and O–H groups in total. The normalized spacial score (nSPS) is 11.4. The van der Waals surface area contributed by atoms with Crippen molar-refractivity contribution in [3.63, 3.8) is 0 Å². The van der Waals surface area contributed by atoms with E-state index in [1.165, 1.54) is 13.0 Å². The van der Waals surface area contributed by atoms with Crippen LogP contribution in [-0.2, 0) is 4.79 Å². The summed E-state index contributed by atoms with van der Waals surface area (Å²) in [6.07, 6.45) is 3.30. The number of likely N-dealkylation sites (N-methyl/N-ethyl adjacent to an activating group) is 1. The molecular formula is C9H17NO2. The van der Waals surface area contributed by atoms with Gasteiger partial charge < -0.3 is 10.0 Å². The van der Waals surface area contributed by atoms with Gasteiger partial charge in [-0.15, -0.1) is 0 Å². The number of hydrogen-bond acceptors (Lipinski definition) is 2. The van der Waals surface area contributed by atoms with Crippen LogP contribution in [0.15, 0.2) is 11.8 Å². The van der Waals surface area contributed by atoms with Gasteiger partial charge in [-0.25, -0.2) is 0 Å². The van der Waals surface area contributed by atoms with E-state index < -0.39 is 0 Å². The molecule has 0 bridgehead atoms. The number of amides is 1. The molecule has 0 saturated carbocycles. The third-order valence-electron chi connectivity index (χ3n) is 1.56. The van der Waals surface area contributed by atoms with E-state index >= 15 is 0 Å². The third kappa shape index (κ3) is 4.77. The number of carbonyl (C=O) groups is 1. The lowest BCUT2D eigenvalue weighted by molar-refractivity contribution is -0.125. The van der Waals surface area contributed by atoms with E-state index in [-0.39, 0.29) is 11.7 Å². The van der Waals surface area contributed by atoms with E-state index in [1.807, 2.05) is 0 Å². The Bertz CT molecular complexity index is 171. The van der Waals surface area contributed by atoms with Gasteiger partial charge in [0.05, 0.1) is 5.76 Å². The maximum absolute atomic E-state index is 11.1. The van der Waals surface area contributed by atoms with Crippen molar-refractivity contribution in [3.05, 3.63) is 11.8 Å². The molecule has 0 unspecified atom stereocenters. The predicted octanol–water partition coefficient (Wildman–Crippen LogP) is 1.71. The van der Waals surface area contributed by atoms with E-state index in [4.69, 9.17) is 5.11 Å². The van der Waals surface area contributed by atoms with Gasteiger partial charge in [0.15, 0.2) is 0 Å². The maximum atomic E-state index is 11.1. The molecule has 3 nitrogen and oxygen atoms in total. The first-order valence-electron chi connectivity index (χ1n) is 4.20. The molecule has 12 heavy (non-hydrogen) atoms. The average Bonchev–Trinajstić information content (AvgIpc) is 1.98. The summed E-state index contributed by atoms with van der Waals surface area (Å²) in [6.45, 7) is 4.32. The Labute approximate surface area is 73.7 Å². The molecule has 0 atom stereocenters. The second-order valence-corrected chi connectivity index (χ2v) is 2.90. The van der Waals surface area contributed by atoms with Crippen molar-refractivity contribution in [1.29, 1.82) is 0 Å². The highest BCUT2D eigenvalue weighted by Crippen LogP contribution is 1.95. The van der Waals surface area contributed by atoms with Crippen LogP contribution in [0.25, 0.3) is 0 Å². The standard InChI is InChI=1S/C9H17NO2/c1-4-5-6-10(3)9(12)7-8(2)11/h7,11H,4-6H2,1-3H3. The fraction of sp³-hybridized carbons (Fsp3) is 0.667. The smallest absolute Gasteiger partial charge is 0.249 e. The van der Waals surface area contributed by atoms with Gasteiger partial charge in [-0.3, -0.25) is 4.79 Å². The summed E-state index contributed by atoms with van der Waals surface area (Å²) in [5, 5.41) is 8.81. The molecular weight excluding hydrogens is 154 g/mol. The Morgan fingerprint density at radius 1 is 1.58 bits per heavy atom. The van der Waals surface area contributed by atoms with Gasteiger partial charge in [-0.1, -0.05) is 13.3 Å².